The number of pyridine rings is 1. The highest BCUT2D eigenvalue weighted by molar-refractivity contribution is 5.83. The summed E-state index contributed by atoms with van der Waals surface area (Å²) in [6, 6.07) is 15.8. The average Bonchev–Trinajstić information content (AvgIpc) is 2.60. The monoisotopic (exact) mass is 334 g/mol. The number of carbonyl (C=O) groups is 1. The Labute approximate surface area is 146 Å². The van der Waals surface area contributed by atoms with Gasteiger partial charge in [-0.3, -0.25) is 9.59 Å². The maximum absolute atomic E-state index is 12.3. The minimum absolute atomic E-state index is 0.0521. The molecule has 0 bridgehead atoms. The second kappa shape index (κ2) is 7.34. The molecule has 25 heavy (non-hydrogen) atoms. The molecule has 0 spiro atoms. The lowest BCUT2D eigenvalue weighted by molar-refractivity contribution is -0.121. The molecule has 0 radical (unpaired) electrons. The van der Waals surface area contributed by atoms with Gasteiger partial charge in [0.2, 0.25) is 5.91 Å². The third kappa shape index (κ3) is 4.15. The van der Waals surface area contributed by atoms with Crippen LogP contribution in [0, 0.1) is 13.8 Å². The number of benzene rings is 2. The van der Waals surface area contributed by atoms with Crippen LogP contribution in [0.1, 0.15) is 28.7 Å². The van der Waals surface area contributed by atoms with E-state index in [9.17, 15) is 9.59 Å². The Morgan fingerprint density at radius 1 is 1.08 bits per heavy atom. The number of hydrogen-bond acceptors (Lipinski definition) is 2. The molecule has 0 aliphatic rings. The number of H-pyrrole nitrogens is 1. The SMILES string of the molecule is Cc1cc(C)c2[nH]c(=O)c(CNC(=O)CCc3ccccc3)cc2c1. The van der Waals surface area contributed by atoms with Crippen LogP contribution >= 0.6 is 0 Å². The molecule has 0 saturated carbocycles. The van der Waals surface area contributed by atoms with Crippen molar-refractivity contribution in [2.45, 2.75) is 33.2 Å². The van der Waals surface area contributed by atoms with Gasteiger partial charge in [-0.25, -0.2) is 0 Å². The van der Waals surface area contributed by atoms with Crippen LogP contribution in [0.2, 0.25) is 0 Å². The van der Waals surface area contributed by atoms with Crippen molar-refractivity contribution in [1.29, 1.82) is 0 Å². The molecule has 0 aliphatic heterocycles. The number of aromatic amines is 1. The van der Waals surface area contributed by atoms with Crippen LogP contribution in [0.4, 0.5) is 0 Å². The van der Waals surface area contributed by atoms with Crippen LogP contribution in [0.25, 0.3) is 10.9 Å². The van der Waals surface area contributed by atoms with Gasteiger partial charge in [0.1, 0.15) is 0 Å². The number of fused-ring (bicyclic) bond motifs is 1. The highest BCUT2D eigenvalue weighted by Crippen LogP contribution is 2.17. The van der Waals surface area contributed by atoms with E-state index in [4.69, 9.17) is 0 Å². The highest BCUT2D eigenvalue weighted by Gasteiger charge is 2.08. The van der Waals surface area contributed by atoms with Gasteiger partial charge in [-0.05, 0) is 48.9 Å². The molecule has 0 aliphatic carbocycles. The zero-order chi connectivity index (χ0) is 17.8. The van der Waals surface area contributed by atoms with Gasteiger partial charge in [0.25, 0.3) is 5.56 Å². The molecule has 3 aromatic rings. The zero-order valence-electron chi connectivity index (χ0n) is 14.6. The molecule has 1 amide bonds. The van der Waals surface area contributed by atoms with Gasteiger partial charge in [-0.1, -0.05) is 42.0 Å². The third-order valence-electron chi connectivity index (χ3n) is 4.33. The summed E-state index contributed by atoms with van der Waals surface area (Å²) < 4.78 is 0. The van der Waals surface area contributed by atoms with E-state index in [1.165, 1.54) is 0 Å². The summed E-state index contributed by atoms with van der Waals surface area (Å²) in [4.78, 5) is 27.2. The summed E-state index contributed by atoms with van der Waals surface area (Å²) in [6.45, 7) is 4.25. The smallest absolute Gasteiger partial charge is 0.253 e. The quantitative estimate of drug-likeness (QED) is 0.751. The Morgan fingerprint density at radius 3 is 2.60 bits per heavy atom. The second-order valence-electron chi connectivity index (χ2n) is 6.43. The Kier molecular flexibility index (Phi) is 4.98. The van der Waals surface area contributed by atoms with Crippen LogP contribution in [0.3, 0.4) is 0 Å². The summed E-state index contributed by atoms with van der Waals surface area (Å²) in [5.74, 6) is -0.0521. The van der Waals surface area contributed by atoms with Gasteiger partial charge in [0.15, 0.2) is 0 Å². The number of rotatable bonds is 5. The fraction of sp³-hybridized carbons (Fsp3) is 0.238. The first-order valence-corrected chi connectivity index (χ1v) is 8.47. The standard InChI is InChI=1S/C21H22N2O2/c1-14-10-15(2)20-17(11-14)12-18(21(25)23-20)13-22-19(24)9-8-16-6-4-3-5-7-16/h3-7,10-12H,8-9,13H2,1-2H3,(H,22,24)(H,23,25). The molecule has 4 nitrogen and oxygen atoms in total. The maximum atomic E-state index is 12.3. The predicted octanol–water partition coefficient (Wildman–Crippen LogP) is 3.39. The van der Waals surface area contributed by atoms with Crippen LogP contribution < -0.4 is 10.9 Å². The number of nitrogens with one attached hydrogen (secondary N) is 2. The molecule has 1 aromatic heterocycles. The van der Waals surface area contributed by atoms with Gasteiger partial charge in [-0.15, -0.1) is 0 Å². The van der Waals surface area contributed by atoms with Crippen molar-refractivity contribution in [1.82, 2.24) is 10.3 Å². The van der Waals surface area contributed by atoms with E-state index in [1.54, 1.807) is 0 Å². The summed E-state index contributed by atoms with van der Waals surface area (Å²) in [6.07, 6.45) is 1.10. The summed E-state index contributed by atoms with van der Waals surface area (Å²) in [5.41, 5.74) is 4.61. The van der Waals surface area contributed by atoms with E-state index in [-0.39, 0.29) is 18.0 Å². The number of amides is 1. The minimum atomic E-state index is -0.150. The van der Waals surface area contributed by atoms with E-state index in [0.717, 1.165) is 27.6 Å². The van der Waals surface area contributed by atoms with Crippen molar-refractivity contribution in [3.63, 3.8) is 0 Å². The largest absolute Gasteiger partial charge is 0.352 e. The summed E-state index contributed by atoms with van der Waals surface area (Å²) in [7, 11) is 0. The lowest BCUT2D eigenvalue weighted by Gasteiger charge is -2.08. The summed E-state index contributed by atoms with van der Waals surface area (Å²) >= 11 is 0. The van der Waals surface area contributed by atoms with E-state index in [2.05, 4.69) is 10.3 Å². The van der Waals surface area contributed by atoms with E-state index >= 15 is 0 Å². The molecule has 0 fully saturated rings. The molecule has 0 unspecified atom stereocenters. The lowest BCUT2D eigenvalue weighted by atomic mass is 10.1. The third-order valence-corrected chi connectivity index (χ3v) is 4.33. The van der Waals surface area contributed by atoms with Gasteiger partial charge < -0.3 is 10.3 Å². The minimum Gasteiger partial charge on any atom is -0.352 e. The molecule has 0 atom stereocenters. The molecule has 0 saturated heterocycles. The highest BCUT2D eigenvalue weighted by atomic mass is 16.1. The van der Waals surface area contributed by atoms with Crippen molar-refractivity contribution in [2.24, 2.45) is 0 Å². The lowest BCUT2D eigenvalue weighted by Crippen LogP contribution is -2.27. The number of aromatic nitrogens is 1. The van der Waals surface area contributed by atoms with E-state index in [0.29, 0.717) is 18.4 Å². The fourth-order valence-electron chi connectivity index (χ4n) is 3.05. The average molecular weight is 334 g/mol. The Hall–Kier alpha value is -2.88. The van der Waals surface area contributed by atoms with Crippen molar-refractivity contribution < 1.29 is 4.79 Å². The van der Waals surface area contributed by atoms with E-state index < -0.39 is 0 Å². The number of hydrogen-bond donors (Lipinski definition) is 2. The number of carbonyl (C=O) groups excluding carboxylic acids is 1. The molecule has 128 valence electrons. The van der Waals surface area contributed by atoms with Gasteiger partial charge in [0.05, 0.1) is 5.52 Å². The molecular formula is C21H22N2O2. The van der Waals surface area contributed by atoms with Crippen molar-refractivity contribution in [3.8, 4) is 0 Å². The summed E-state index contributed by atoms with van der Waals surface area (Å²) in [5, 5.41) is 3.84. The number of aryl methyl sites for hydroxylation is 3. The second-order valence-corrected chi connectivity index (χ2v) is 6.43. The first-order valence-electron chi connectivity index (χ1n) is 8.47. The fourth-order valence-corrected chi connectivity index (χ4v) is 3.05. The Balaban J connectivity index is 1.67. The Morgan fingerprint density at radius 2 is 1.84 bits per heavy atom. The first-order chi connectivity index (χ1) is 12.0. The van der Waals surface area contributed by atoms with Gasteiger partial charge in [0, 0.05) is 18.5 Å². The van der Waals surface area contributed by atoms with E-state index in [1.807, 2.05) is 62.4 Å². The molecular weight excluding hydrogens is 312 g/mol. The van der Waals surface area contributed by atoms with Gasteiger partial charge >= 0.3 is 0 Å². The molecule has 2 aromatic carbocycles. The topological polar surface area (TPSA) is 62.0 Å². The van der Waals surface area contributed by atoms with Crippen LogP contribution in [-0.2, 0) is 17.8 Å². The zero-order valence-corrected chi connectivity index (χ0v) is 14.6. The normalized spacial score (nSPS) is 10.8. The Bertz CT molecular complexity index is 959. The van der Waals surface area contributed by atoms with Crippen molar-refractivity contribution in [2.75, 3.05) is 0 Å². The predicted molar refractivity (Wildman–Crippen MR) is 101 cm³/mol. The first kappa shape index (κ1) is 17.0. The molecule has 3 rings (SSSR count). The molecule has 4 heteroatoms. The maximum Gasteiger partial charge on any atom is 0.253 e. The molecule has 1 heterocycles. The van der Waals surface area contributed by atoms with Gasteiger partial charge in [-0.2, -0.15) is 0 Å². The van der Waals surface area contributed by atoms with Crippen LogP contribution in [-0.4, -0.2) is 10.9 Å². The van der Waals surface area contributed by atoms with Crippen molar-refractivity contribution in [3.05, 3.63) is 81.1 Å². The van der Waals surface area contributed by atoms with Crippen molar-refractivity contribution >= 4 is 16.8 Å². The van der Waals surface area contributed by atoms with Crippen LogP contribution in [0.15, 0.2) is 53.3 Å². The molecule has 2 N–H and O–H groups in total. The van der Waals surface area contributed by atoms with Crippen LogP contribution in [0.5, 0.6) is 0 Å².